The fourth-order valence-electron chi connectivity index (χ4n) is 1.52. The van der Waals surface area contributed by atoms with Gasteiger partial charge in [0.2, 0.25) is 10.6 Å². The third-order valence-electron chi connectivity index (χ3n) is 2.58. The topological polar surface area (TPSA) is 46.0 Å². The third-order valence-corrected chi connectivity index (χ3v) is 2.84. The quantitative estimate of drug-likeness (QED) is 0.310. The second-order valence-corrected chi connectivity index (χ2v) is 4.23. The Balaban J connectivity index is 2.57. The van der Waals surface area contributed by atoms with Gasteiger partial charge in [-0.05, 0) is 12.2 Å². The molecule has 10 heteroatoms. The number of rotatable bonds is 3. The second kappa shape index (κ2) is 5.72. The summed E-state index contributed by atoms with van der Waals surface area (Å²) in [5.74, 6) is -9.91. The summed E-state index contributed by atoms with van der Waals surface area (Å²) in [6, 6.07) is 0. The van der Waals surface area contributed by atoms with Crippen LogP contribution in [0.5, 0.6) is 0 Å². The van der Waals surface area contributed by atoms with Crippen LogP contribution in [0.25, 0.3) is 0 Å². The van der Waals surface area contributed by atoms with E-state index in [0.29, 0.717) is 18.5 Å². The van der Waals surface area contributed by atoms with E-state index in [1.807, 2.05) is 0 Å². The SMILES string of the molecule is CCc1n[nH]c(=S)n1/N=C/c1c(F)c(F)c(F)c(F)c1F. The number of hydrogen-bond acceptors (Lipinski definition) is 3. The van der Waals surface area contributed by atoms with Crippen LogP contribution in [0.3, 0.4) is 0 Å². The van der Waals surface area contributed by atoms with Crippen molar-refractivity contribution in [2.45, 2.75) is 13.3 Å². The van der Waals surface area contributed by atoms with E-state index in [0.717, 1.165) is 4.68 Å². The number of nitrogens with one attached hydrogen (secondary N) is 1. The summed E-state index contributed by atoms with van der Waals surface area (Å²) in [6.07, 6.45) is 0.891. The van der Waals surface area contributed by atoms with Crippen LogP contribution in [-0.2, 0) is 6.42 Å². The van der Waals surface area contributed by atoms with Crippen LogP contribution < -0.4 is 0 Å². The van der Waals surface area contributed by atoms with Crippen molar-refractivity contribution < 1.29 is 22.0 Å². The van der Waals surface area contributed by atoms with Crippen LogP contribution in [0.2, 0.25) is 0 Å². The lowest BCUT2D eigenvalue weighted by Crippen LogP contribution is -2.07. The van der Waals surface area contributed by atoms with Gasteiger partial charge >= 0.3 is 0 Å². The smallest absolute Gasteiger partial charge is 0.216 e. The average molecular weight is 322 g/mol. The molecule has 4 nitrogen and oxygen atoms in total. The number of benzene rings is 1. The number of H-pyrrole nitrogens is 1. The number of aromatic nitrogens is 3. The number of aryl methyl sites for hydroxylation is 1. The first-order valence-corrected chi connectivity index (χ1v) is 6.01. The van der Waals surface area contributed by atoms with Gasteiger partial charge in [0, 0.05) is 6.42 Å². The summed E-state index contributed by atoms with van der Waals surface area (Å²) in [4.78, 5) is 0. The van der Waals surface area contributed by atoms with Gasteiger partial charge < -0.3 is 0 Å². The van der Waals surface area contributed by atoms with E-state index < -0.39 is 34.6 Å². The molecule has 1 aromatic heterocycles. The summed E-state index contributed by atoms with van der Waals surface area (Å²) in [5, 5.41) is 9.77. The minimum absolute atomic E-state index is 0.0203. The predicted octanol–water partition coefficient (Wildman–Crippen LogP) is 3.08. The largest absolute Gasteiger partial charge is 0.250 e. The van der Waals surface area contributed by atoms with Crippen LogP contribution in [0.1, 0.15) is 18.3 Å². The molecule has 1 heterocycles. The van der Waals surface area contributed by atoms with Crippen molar-refractivity contribution in [3.05, 3.63) is 45.2 Å². The fourth-order valence-corrected chi connectivity index (χ4v) is 1.72. The first-order chi connectivity index (χ1) is 9.88. The molecule has 0 fully saturated rings. The van der Waals surface area contributed by atoms with Crippen molar-refractivity contribution in [1.82, 2.24) is 14.9 Å². The van der Waals surface area contributed by atoms with Crippen LogP contribution in [-0.4, -0.2) is 21.1 Å². The van der Waals surface area contributed by atoms with Gasteiger partial charge in [-0.3, -0.25) is 5.10 Å². The Hall–Kier alpha value is -2.10. The zero-order chi connectivity index (χ0) is 15.7. The highest BCUT2D eigenvalue weighted by Crippen LogP contribution is 2.21. The van der Waals surface area contributed by atoms with Crippen LogP contribution >= 0.6 is 12.2 Å². The molecule has 1 aromatic carbocycles. The zero-order valence-electron chi connectivity index (χ0n) is 10.4. The highest BCUT2D eigenvalue weighted by molar-refractivity contribution is 7.71. The summed E-state index contributed by atoms with van der Waals surface area (Å²) in [7, 11) is 0. The molecule has 0 atom stereocenters. The predicted molar refractivity (Wildman–Crippen MR) is 66.0 cm³/mol. The monoisotopic (exact) mass is 322 g/mol. The summed E-state index contributed by atoms with van der Waals surface area (Å²) in [6.45, 7) is 1.72. The minimum atomic E-state index is -2.23. The van der Waals surface area contributed by atoms with E-state index in [2.05, 4.69) is 15.3 Å². The van der Waals surface area contributed by atoms with Crippen LogP contribution in [0, 0.1) is 33.9 Å². The Morgan fingerprint density at radius 3 is 2.14 bits per heavy atom. The number of nitrogens with zero attached hydrogens (tertiary/aromatic N) is 3. The lowest BCUT2D eigenvalue weighted by molar-refractivity contribution is 0.377. The maximum atomic E-state index is 13.4. The number of halogens is 5. The maximum absolute atomic E-state index is 13.4. The molecule has 0 saturated heterocycles. The van der Waals surface area contributed by atoms with Crippen molar-refractivity contribution in [2.24, 2.45) is 5.10 Å². The molecule has 0 saturated carbocycles. The van der Waals surface area contributed by atoms with Gasteiger partial charge in [0.1, 0.15) is 0 Å². The van der Waals surface area contributed by atoms with Crippen molar-refractivity contribution in [3.8, 4) is 0 Å². The van der Waals surface area contributed by atoms with Gasteiger partial charge in [0.15, 0.2) is 29.1 Å². The molecule has 2 rings (SSSR count). The van der Waals surface area contributed by atoms with Crippen molar-refractivity contribution in [3.63, 3.8) is 0 Å². The Labute approximate surface area is 119 Å². The standard InChI is InChI=1S/C11H7F5N4S/c1-2-5-18-19-11(21)20(5)17-3-4-6(12)8(14)10(16)9(15)7(4)13/h3H,2H2,1H3,(H,19,21)/b17-3+. The minimum Gasteiger partial charge on any atom is -0.250 e. The Bertz CT molecular complexity index is 751. The highest BCUT2D eigenvalue weighted by atomic mass is 32.1. The average Bonchev–Trinajstić information content (AvgIpc) is 2.83. The molecule has 0 spiro atoms. The molecule has 0 unspecified atom stereocenters. The Morgan fingerprint density at radius 1 is 1.10 bits per heavy atom. The molecular weight excluding hydrogens is 315 g/mol. The van der Waals surface area contributed by atoms with E-state index in [4.69, 9.17) is 12.2 Å². The second-order valence-electron chi connectivity index (χ2n) is 3.84. The van der Waals surface area contributed by atoms with E-state index in [1.165, 1.54) is 0 Å². The van der Waals surface area contributed by atoms with Gasteiger partial charge in [-0.15, -0.1) is 0 Å². The summed E-state index contributed by atoms with van der Waals surface area (Å²) >= 11 is 4.83. The molecule has 112 valence electrons. The third kappa shape index (κ3) is 2.58. The lowest BCUT2D eigenvalue weighted by atomic mass is 10.2. The lowest BCUT2D eigenvalue weighted by Gasteiger charge is -2.04. The number of hydrogen-bond donors (Lipinski definition) is 1. The zero-order valence-corrected chi connectivity index (χ0v) is 11.2. The summed E-state index contributed by atoms with van der Waals surface area (Å²) < 4.78 is 66.9. The number of aromatic amines is 1. The summed E-state index contributed by atoms with van der Waals surface area (Å²) in [5.41, 5.74) is -1.16. The molecule has 0 aliphatic rings. The van der Waals surface area contributed by atoms with E-state index in [-0.39, 0.29) is 4.77 Å². The maximum Gasteiger partial charge on any atom is 0.216 e. The normalized spacial score (nSPS) is 11.5. The molecule has 1 N–H and O–H groups in total. The van der Waals surface area contributed by atoms with E-state index in [9.17, 15) is 22.0 Å². The Morgan fingerprint density at radius 2 is 1.62 bits per heavy atom. The molecule has 0 aliphatic heterocycles. The highest BCUT2D eigenvalue weighted by Gasteiger charge is 2.24. The van der Waals surface area contributed by atoms with E-state index >= 15 is 0 Å². The fraction of sp³-hybridized carbons (Fsp3) is 0.182. The van der Waals surface area contributed by atoms with Crippen LogP contribution in [0.4, 0.5) is 22.0 Å². The first kappa shape index (κ1) is 15.3. The van der Waals surface area contributed by atoms with Gasteiger partial charge in [-0.25, -0.2) is 22.0 Å². The van der Waals surface area contributed by atoms with Crippen molar-refractivity contribution in [2.75, 3.05) is 0 Å². The molecule has 2 aromatic rings. The molecule has 0 radical (unpaired) electrons. The molecular formula is C11H7F5N4S. The van der Waals surface area contributed by atoms with Crippen LogP contribution in [0.15, 0.2) is 5.10 Å². The van der Waals surface area contributed by atoms with Gasteiger partial charge in [-0.2, -0.15) is 14.9 Å². The molecule has 0 aliphatic carbocycles. The van der Waals surface area contributed by atoms with Crippen molar-refractivity contribution in [1.29, 1.82) is 0 Å². The molecule has 21 heavy (non-hydrogen) atoms. The molecule has 0 amide bonds. The van der Waals surface area contributed by atoms with Gasteiger partial charge in [-0.1, -0.05) is 6.92 Å². The molecule has 0 bridgehead atoms. The first-order valence-electron chi connectivity index (χ1n) is 5.60. The van der Waals surface area contributed by atoms with Gasteiger partial charge in [0.05, 0.1) is 11.8 Å². The van der Waals surface area contributed by atoms with E-state index in [1.54, 1.807) is 6.92 Å². The van der Waals surface area contributed by atoms with Crippen molar-refractivity contribution >= 4 is 18.4 Å². The Kier molecular flexibility index (Phi) is 4.16. The van der Waals surface area contributed by atoms with Gasteiger partial charge in [0.25, 0.3) is 0 Å².